The highest BCUT2D eigenvalue weighted by atomic mass is 79.9. The van der Waals surface area contributed by atoms with E-state index in [4.69, 9.17) is 9.47 Å². The first kappa shape index (κ1) is 13.7. The molecule has 1 aromatic rings. The van der Waals surface area contributed by atoms with Crippen LogP contribution in [0.5, 0.6) is 11.5 Å². The van der Waals surface area contributed by atoms with Crippen molar-refractivity contribution in [2.24, 2.45) is 0 Å². The summed E-state index contributed by atoms with van der Waals surface area (Å²) < 4.78 is 11.3. The third-order valence-corrected chi connectivity index (χ3v) is 4.24. The fraction of sp³-hybridized carbons (Fsp3) is 0.600. The predicted molar refractivity (Wildman–Crippen MR) is 78.1 cm³/mol. The summed E-state index contributed by atoms with van der Waals surface area (Å²) in [7, 11) is 0. The minimum Gasteiger partial charge on any atom is -0.490 e. The molecule has 0 spiro atoms. The van der Waals surface area contributed by atoms with Crippen molar-refractivity contribution in [3.63, 3.8) is 0 Å². The first-order chi connectivity index (χ1) is 8.74. The molecule has 0 amide bonds. The van der Waals surface area contributed by atoms with E-state index in [1.165, 1.54) is 24.8 Å². The summed E-state index contributed by atoms with van der Waals surface area (Å²) >= 11 is 3.71. The number of benzene rings is 1. The summed E-state index contributed by atoms with van der Waals surface area (Å²) in [6.45, 7) is 5.35. The van der Waals surface area contributed by atoms with Gasteiger partial charge in [-0.1, -0.05) is 22.0 Å². The molecule has 0 saturated heterocycles. The van der Waals surface area contributed by atoms with Gasteiger partial charge < -0.3 is 9.47 Å². The quantitative estimate of drug-likeness (QED) is 0.744. The van der Waals surface area contributed by atoms with Crippen molar-refractivity contribution in [3.05, 3.63) is 23.8 Å². The molecule has 0 N–H and O–H groups in total. The Hall–Kier alpha value is -0.700. The topological polar surface area (TPSA) is 18.5 Å². The molecule has 2 rings (SSSR count). The fourth-order valence-electron chi connectivity index (χ4n) is 2.55. The van der Waals surface area contributed by atoms with Crippen molar-refractivity contribution in [1.82, 2.24) is 0 Å². The summed E-state index contributed by atoms with van der Waals surface area (Å²) in [5.74, 6) is 2.40. The van der Waals surface area contributed by atoms with E-state index in [0.717, 1.165) is 11.5 Å². The summed E-state index contributed by atoms with van der Waals surface area (Å²) in [6.07, 6.45) is 3.75. The van der Waals surface area contributed by atoms with Gasteiger partial charge in [0.2, 0.25) is 0 Å². The van der Waals surface area contributed by atoms with E-state index in [9.17, 15) is 0 Å². The van der Waals surface area contributed by atoms with E-state index < -0.39 is 0 Å². The lowest BCUT2D eigenvalue weighted by molar-refractivity contribution is 0.287. The highest BCUT2D eigenvalue weighted by Gasteiger charge is 2.24. The Morgan fingerprint density at radius 3 is 2.44 bits per heavy atom. The zero-order valence-electron chi connectivity index (χ0n) is 11.1. The van der Waals surface area contributed by atoms with Gasteiger partial charge in [0.05, 0.1) is 13.2 Å². The van der Waals surface area contributed by atoms with Crippen molar-refractivity contribution in [1.29, 1.82) is 0 Å². The number of hydrogen-bond acceptors (Lipinski definition) is 2. The van der Waals surface area contributed by atoms with Gasteiger partial charge in [-0.15, -0.1) is 0 Å². The molecule has 1 aliphatic carbocycles. The minimum absolute atomic E-state index is 0.657. The SMILES string of the molecule is CCOc1ccc(C2CCC(Br)C2)cc1OCC. The molecule has 2 nitrogen and oxygen atoms in total. The van der Waals surface area contributed by atoms with E-state index in [1.807, 2.05) is 19.9 Å². The van der Waals surface area contributed by atoms with Crippen LogP contribution in [0.2, 0.25) is 0 Å². The van der Waals surface area contributed by atoms with Crippen molar-refractivity contribution >= 4 is 15.9 Å². The van der Waals surface area contributed by atoms with Crippen molar-refractivity contribution < 1.29 is 9.47 Å². The lowest BCUT2D eigenvalue weighted by Gasteiger charge is -2.15. The Balaban J connectivity index is 2.19. The zero-order chi connectivity index (χ0) is 13.0. The highest BCUT2D eigenvalue weighted by molar-refractivity contribution is 9.09. The third kappa shape index (κ3) is 3.19. The maximum Gasteiger partial charge on any atom is 0.161 e. The Kier molecular flexibility index (Phi) is 4.93. The third-order valence-electron chi connectivity index (χ3n) is 3.41. The van der Waals surface area contributed by atoms with Crippen molar-refractivity contribution in [2.75, 3.05) is 13.2 Å². The predicted octanol–water partition coefficient (Wildman–Crippen LogP) is 4.52. The first-order valence-corrected chi connectivity index (χ1v) is 7.69. The molecule has 0 radical (unpaired) electrons. The molecule has 3 heteroatoms. The number of rotatable bonds is 5. The van der Waals surface area contributed by atoms with E-state index in [2.05, 4.69) is 28.1 Å². The molecule has 100 valence electrons. The lowest BCUT2D eigenvalue weighted by atomic mass is 9.97. The molecule has 1 aromatic carbocycles. The number of halogens is 1. The van der Waals surface area contributed by atoms with Crippen molar-refractivity contribution in [2.45, 2.75) is 43.9 Å². The maximum absolute atomic E-state index is 5.68. The first-order valence-electron chi connectivity index (χ1n) is 6.78. The summed E-state index contributed by atoms with van der Waals surface area (Å²) in [4.78, 5) is 0.671. The normalized spacial score (nSPS) is 23.1. The molecule has 0 heterocycles. The fourth-order valence-corrected chi connectivity index (χ4v) is 3.27. The molecule has 0 bridgehead atoms. The Morgan fingerprint density at radius 1 is 1.11 bits per heavy atom. The van der Waals surface area contributed by atoms with Gasteiger partial charge in [-0.05, 0) is 56.7 Å². The van der Waals surface area contributed by atoms with Crippen LogP contribution in [-0.4, -0.2) is 18.0 Å². The van der Waals surface area contributed by atoms with Crippen LogP contribution in [0.25, 0.3) is 0 Å². The van der Waals surface area contributed by atoms with E-state index >= 15 is 0 Å². The van der Waals surface area contributed by atoms with E-state index in [-0.39, 0.29) is 0 Å². The average Bonchev–Trinajstić information content (AvgIpc) is 2.79. The average molecular weight is 313 g/mol. The van der Waals surface area contributed by atoms with Crippen LogP contribution >= 0.6 is 15.9 Å². The van der Waals surface area contributed by atoms with Crippen LogP contribution in [-0.2, 0) is 0 Å². The van der Waals surface area contributed by atoms with Crippen molar-refractivity contribution in [3.8, 4) is 11.5 Å². The molecule has 1 fully saturated rings. The van der Waals surface area contributed by atoms with Crippen LogP contribution in [0.1, 0.15) is 44.6 Å². The van der Waals surface area contributed by atoms with Crippen LogP contribution < -0.4 is 9.47 Å². The molecule has 0 aromatic heterocycles. The van der Waals surface area contributed by atoms with E-state index in [0.29, 0.717) is 24.0 Å². The largest absolute Gasteiger partial charge is 0.490 e. The molecule has 2 atom stereocenters. The molecule has 1 saturated carbocycles. The molecular weight excluding hydrogens is 292 g/mol. The van der Waals surface area contributed by atoms with Gasteiger partial charge in [0.25, 0.3) is 0 Å². The van der Waals surface area contributed by atoms with Crippen LogP contribution in [0.4, 0.5) is 0 Å². The van der Waals surface area contributed by atoms with E-state index in [1.54, 1.807) is 0 Å². The molecular formula is C15H21BrO2. The smallest absolute Gasteiger partial charge is 0.161 e. The summed E-state index contributed by atoms with van der Waals surface area (Å²) in [6, 6.07) is 6.39. The van der Waals surface area contributed by atoms with Gasteiger partial charge in [-0.25, -0.2) is 0 Å². The second-order valence-electron chi connectivity index (χ2n) is 4.68. The highest BCUT2D eigenvalue weighted by Crippen LogP contribution is 2.40. The van der Waals surface area contributed by atoms with Gasteiger partial charge in [0, 0.05) is 4.83 Å². The van der Waals surface area contributed by atoms with Crippen LogP contribution in [0.15, 0.2) is 18.2 Å². The summed E-state index contributed by atoms with van der Waals surface area (Å²) in [5, 5.41) is 0. The van der Waals surface area contributed by atoms with Gasteiger partial charge >= 0.3 is 0 Å². The van der Waals surface area contributed by atoms with Gasteiger partial charge in [-0.3, -0.25) is 0 Å². The molecule has 2 unspecified atom stereocenters. The second-order valence-corrected chi connectivity index (χ2v) is 5.97. The van der Waals surface area contributed by atoms with Crippen LogP contribution in [0.3, 0.4) is 0 Å². The summed E-state index contributed by atoms with van der Waals surface area (Å²) in [5.41, 5.74) is 1.38. The number of alkyl halides is 1. The van der Waals surface area contributed by atoms with Gasteiger partial charge in [0.1, 0.15) is 0 Å². The lowest BCUT2D eigenvalue weighted by Crippen LogP contribution is -2.01. The molecule has 0 aliphatic heterocycles. The van der Waals surface area contributed by atoms with Gasteiger partial charge in [-0.2, -0.15) is 0 Å². The Bertz CT molecular complexity index is 392. The maximum atomic E-state index is 5.68. The number of ether oxygens (including phenoxy) is 2. The Labute approximate surface area is 118 Å². The zero-order valence-corrected chi connectivity index (χ0v) is 12.7. The molecule has 18 heavy (non-hydrogen) atoms. The number of hydrogen-bond donors (Lipinski definition) is 0. The Morgan fingerprint density at radius 2 is 1.83 bits per heavy atom. The standard InChI is InChI=1S/C15H21BrO2/c1-3-17-14-8-6-12(10-15(14)18-4-2)11-5-7-13(16)9-11/h6,8,10-11,13H,3-5,7,9H2,1-2H3. The second kappa shape index (κ2) is 6.46. The van der Waals surface area contributed by atoms with Gasteiger partial charge in [0.15, 0.2) is 11.5 Å². The monoisotopic (exact) mass is 312 g/mol. The minimum atomic E-state index is 0.657. The molecule has 1 aliphatic rings. The van der Waals surface area contributed by atoms with Crippen LogP contribution in [0, 0.1) is 0 Å².